The fraction of sp³-hybridized carbons (Fsp3) is 0.304. The number of methoxy groups -OCH3 is 1. The zero-order valence-corrected chi connectivity index (χ0v) is 19.5. The van der Waals surface area contributed by atoms with Gasteiger partial charge in [-0.05, 0) is 18.2 Å². The van der Waals surface area contributed by atoms with Gasteiger partial charge in [-0.1, -0.05) is 29.8 Å². The maximum atomic E-state index is 12.6. The van der Waals surface area contributed by atoms with Crippen LogP contribution in [0.4, 0.5) is 10.8 Å². The second kappa shape index (κ2) is 8.74. The molecule has 0 radical (unpaired) electrons. The van der Waals surface area contributed by atoms with Crippen LogP contribution in [-0.4, -0.2) is 66.6 Å². The van der Waals surface area contributed by atoms with Gasteiger partial charge in [0.1, 0.15) is 12.3 Å². The fourth-order valence-electron chi connectivity index (χ4n) is 4.29. The van der Waals surface area contributed by atoms with Crippen LogP contribution in [0.1, 0.15) is 10.5 Å². The third-order valence-corrected chi connectivity index (χ3v) is 7.03. The Bertz CT molecular complexity index is 1180. The van der Waals surface area contributed by atoms with Crippen LogP contribution >= 0.6 is 22.9 Å². The molecule has 2 aliphatic heterocycles. The predicted octanol–water partition coefficient (Wildman–Crippen LogP) is 3.41. The number of pyridine rings is 1. The number of anilines is 2. The zero-order chi connectivity index (χ0) is 23.0. The third-order valence-electron chi connectivity index (χ3n) is 5.95. The number of likely N-dealkylation sites (tertiary alicyclic amines) is 1. The Balaban J connectivity index is 1.15. The van der Waals surface area contributed by atoms with E-state index in [1.165, 1.54) is 18.4 Å². The molecule has 5 rings (SSSR count). The van der Waals surface area contributed by atoms with E-state index in [1.807, 2.05) is 40.6 Å². The number of aromatic nitrogens is 2. The number of thiazole rings is 1. The molecule has 1 spiro atoms. The number of halogens is 1. The summed E-state index contributed by atoms with van der Waals surface area (Å²) in [4.78, 5) is 37.3. The summed E-state index contributed by atoms with van der Waals surface area (Å²) in [6.07, 6.45) is 1.71. The van der Waals surface area contributed by atoms with Gasteiger partial charge < -0.3 is 14.5 Å². The molecular formula is C23H22ClN5O3S. The molecule has 2 aromatic heterocycles. The van der Waals surface area contributed by atoms with Crippen LogP contribution < -0.4 is 10.2 Å². The number of nitrogens with one attached hydrogen (secondary N) is 1. The molecule has 2 aliphatic rings. The van der Waals surface area contributed by atoms with E-state index in [0.29, 0.717) is 15.8 Å². The van der Waals surface area contributed by atoms with Crippen molar-refractivity contribution in [2.24, 2.45) is 5.41 Å². The first-order valence-corrected chi connectivity index (χ1v) is 11.7. The second-order valence-electron chi connectivity index (χ2n) is 8.41. The van der Waals surface area contributed by atoms with Crippen LogP contribution in [0.15, 0.2) is 48.0 Å². The van der Waals surface area contributed by atoms with Crippen molar-refractivity contribution in [2.75, 3.05) is 50.1 Å². The Hall–Kier alpha value is -3.01. The highest BCUT2D eigenvalue weighted by Gasteiger charge is 2.53. The number of benzene rings is 1. The number of hydrogen-bond acceptors (Lipinski definition) is 7. The summed E-state index contributed by atoms with van der Waals surface area (Å²) in [5, 5.41) is 5.76. The number of amides is 2. The monoisotopic (exact) mass is 483 g/mol. The lowest BCUT2D eigenvalue weighted by atomic mass is 9.72. The highest BCUT2D eigenvalue weighted by molar-refractivity contribution is 7.14. The van der Waals surface area contributed by atoms with Crippen molar-refractivity contribution >= 4 is 45.6 Å². The van der Waals surface area contributed by atoms with E-state index < -0.39 is 0 Å². The molecule has 1 N–H and O–H groups in total. The topological polar surface area (TPSA) is 87.7 Å². The van der Waals surface area contributed by atoms with Crippen molar-refractivity contribution < 1.29 is 14.3 Å². The summed E-state index contributed by atoms with van der Waals surface area (Å²) in [7, 11) is 1.53. The lowest BCUT2D eigenvalue weighted by molar-refractivity contribution is -0.149. The molecule has 8 nitrogen and oxygen atoms in total. The van der Waals surface area contributed by atoms with Gasteiger partial charge in [0.25, 0.3) is 5.91 Å². The minimum atomic E-state index is -0.312. The minimum Gasteiger partial charge on any atom is -0.375 e. The van der Waals surface area contributed by atoms with Gasteiger partial charge in [-0.15, -0.1) is 11.3 Å². The molecule has 0 atom stereocenters. The van der Waals surface area contributed by atoms with Gasteiger partial charge in [-0.3, -0.25) is 14.9 Å². The molecule has 170 valence electrons. The lowest BCUT2D eigenvalue weighted by Crippen LogP contribution is -2.73. The minimum absolute atomic E-state index is 0.0397. The van der Waals surface area contributed by atoms with E-state index in [9.17, 15) is 9.59 Å². The van der Waals surface area contributed by atoms with Crippen LogP contribution in [0, 0.1) is 5.41 Å². The molecule has 0 saturated carbocycles. The average molecular weight is 484 g/mol. The summed E-state index contributed by atoms with van der Waals surface area (Å²) in [6.45, 7) is 3.42. The van der Waals surface area contributed by atoms with Crippen molar-refractivity contribution in [3.05, 3.63) is 58.7 Å². The van der Waals surface area contributed by atoms with Crippen LogP contribution in [0.3, 0.4) is 0 Å². The molecule has 33 heavy (non-hydrogen) atoms. The van der Waals surface area contributed by atoms with Crippen molar-refractivity contribution in [1.29, 1.82) is 0 Å². The van der Waals surface area contributed by atoms with Gasteiger partial charge >= 0.3 is 0 Å². The predicted molar refractivity (Wildman–Crippen MR) is 128 cm³/mol. The van der Waals surface area contributed by atoms with Gasteiger partial charge in [0, 0.05) is 54.7 Å². The van der Waals surface area contributed by atoms with E-state index in [1.54, 1.807) is 12.3 Å². The van der Waals surface area contributed by atoms with Gasteiger partial charge in [0.05, 0.1) is 17.6 Å². The molecule has 0 bridgehead atoms. The van der Waals surface area contributed by atoms with E-state index in [0.717, 1.165) is 43.1 Å². The van der Waals surface area contributed by atoms with Crippen molar-refractivity contribution in [3.63, 3.8) is 0 Å². The summed E-state index contributed by atoms with van der Waals surface area (Å²) >= 11 is 7.57. The van der Waals surface area contributed by atoms with Crippen LogP contribution in [0.25, 0.3) is 11.3 Å². The lowest BCUT2D eigenvalue weighted by Gasteiger charge is -2.60. The standard InChI is InChI=1S/C23H22ClN5O3S/c1-32-9-20(30)29-13-23(14-29)11-28(12-23)15-6-7-18(25-8-15)21(31)27-22-26-19(10-33-22)16-4-2-3-5-17(16)24/h2-8,10H,9,11-14H2,1H3,(H,26,27,31). The molecule has 10 heteroatoms. The summed E-state index contributed by atoms with van der Waals surface area (Å²) in [5.41, 5.74) is 3.00. The summed E-state index contributed by atoms with van der Waals surface area (Å²) in [5.74, 6) is -0.272. The van der Waals surface area contributed by atoms with Crippen LogP contribution in [0.5, 0.6) is 0 Å². The van der Waals surface area contributed by atoms with Gasteiger partial charge in [0.2, 0.25) is 5.91 Å². The van der Waals surface area contributed by atoms with Crippen molar-refractivity contribution in [1.82, 2.24) is 14.9 Å². The highest BCUT2D eigenvalue weighted by atomic mass is 35.5. The van der Waals surface area contributed by atoms with E-state index >= 15 is 0 Å². The zero-order valence-electron chi connectivity index (χ0n) is 18.0. The van der Waals surface area contributed by atoms with Gasteiger partial charge in [0.15, 0.2) is 5.13 Å². The second-order valence-corrected chi connectivity index (χ2v) is 9.68. The highest BCUT2D eigenvalue weighted by Crippen LogP contribution is 2.41. The number of carbonyl (C=O) groups is 2. The summed E-state index contributed by atoms with van der Waals surface area (Å²) < 4.78 is 4.91. The van der Waals surface area contributed by atoms with Crippen molar-refractivity contribution in [3.8, 4) is 11.3 Å². The number of rotatable bonds is 6. The molecule has 3 aromatic rings. The summed E-state index contributed by atoms with van der Waals surface area (Å²) in [6, 6.07) is 11.1. The first-order valence-electron chi connectivity index (χ1n) is 10.5. The molecule has 0 aliphatic carbocycles. The van der Waals surface area contributed by atoms with Crippen LogP contribution in [0.2, 0.25) is 5.02 Å². The largest absolute Gasteiger partial charge is 0.375 e. The van der Waals surface area contributed by atoms with Crippen LogP contribution in [-0.2, 0) is 9.53 Å². The fourth-order valence-corrected chi connectivity index (χ4v) is 5.23. The van der Waals surface area contributed by atoms with E-state index in [4.69, 9.17) is 16.3 Å². The SMILES string of the molecule is COCC(=O)N1CC2(C1)CN(c1ccc(C(=O)Nc3nc(-c4ccccc4Cl)cs3)nc1)C2. The Morgan fingerprint density at radius 1 is 1.18 bits per heavy atom. The molecular weight excluding hydrogens is 462 g/mol. The van der Waals surface area contributed by atoms with Gasteiger partial charge in [-0.2, -0.15) is 0 Å². The maximum Gasteiger partial charge on any atom is 0.276 e. The molecule has 2 amide bonds. The number of hydrogen-bond donors (Lipinski definition) is 1. The number of ether oxygens (including phenoxy) is 1. The number of nitrogens with zero attached hydrogens (tertiary/aromatic N) is 4. The first-order chi connectivity index (χ1) is 16.0. The third kappa shape index (κ3) is 4.31. The molecule has 2 saturated heterocycles. The number of carbonyl (C=O) groups excluding carboxylic acids is 2. The van der Waals surface area contributed by atoms with Gasteiger partial charge in [-0.25, -0.2) is 9.97 Å². The average Bonchev–Trinajstić information content (AvgIpc) is 3.21. The maximum absolute atomic E-state index is 12.6. The normalized spacial score (nSPS) is 16.3. The molecule has 2 fully saturated rings. The van der Waals surface area contributed by atoms with E-state index in [2.05, 4.69) is 20.2 Å². The Morgan fingerprint density at radius 3 is 2.67 bits per heavy atom. The van der Waals surface area contributed by atoms with Crippen molar-refractivity contribution in [2.45, 2.75) is 0 Å². The molecule has 1 aromatic carbocycles. The van der Waals surface area contributed by atoms with E-state index in [-0.39, 0.29) is 23.8 Å². The Kier molecular flexibility index (Phi) is 5.77. The smallest absolute Gasteiger partial charge is 0.276 e. The quantitative estimate of drug-likeness (QED) is 0.578. The Morgan fingerprint density at radius 2 is 1.97 bits per heavy atom. The first kappa shape index (κ1) is 21.8. The molecule has 0 unspecified atom stereocenters. The Labute approximate surface area is 200 Å². The molecule has 4 heterocycles.